The smallest absolute Gasteiger partial charge is 0.326 e. The lowest BCUT2D eigenvalue weighted by Gasteiger charge is -2.25. The van der Waals surface area contributed by atoms with Crippen LogP contribution in [-0.4, -0.2) is 34.4 Å². The zero-order valence-electron chi connectivity index (χ0n) is 13.2. The number of aliphatic carboxylic acids is 1. The fourth-order valence-electron chi connectivity index (χ4n) is 2.26. The minimum atomic E-state index is -1.01. The molecule has 1 aromatic carbocycles. The van der Waals surface area contributed by atoms with Crippen molar-refractivity contribution >= 4 is 5.97 Å². The fraction of sp³-hybridized carbons (Fsp3) is 0.471. The van der Waals surface area contributed by atoms with Crippen LogP contribution >= 0.6 is 0 Å². The second-order valence-electron chi connectivity index (χ2n) is 5.99. The first-order valence-electron chi connectivity index (χ1n) is 7.47. The maximum absolute atomic E-state index is 11.2. The number of benzene rings is 1. The molecule has 22 heavy (non-hydrogen) atoms. The Morgan fingerprint density at radius 2 is 1.91 bits per heavy atom. The molecule has 122 valence electrons. The first kappa shape index (κ1) is 18.2. The summed E-state index contributed by atoms with van der Waals surface area (Å²) in [6.07, 6.45) is -0.0613. The summed E-state index contributed by atoms with van der Waals surface area (Å²) in [5.74, 6) is -0.741. The number of nitrogens with one attached hydrogen (secondary N) is 1. The minimum Gasteiger partial charge on any atom is -0.480 e. The Kier molecular flexibility index (Phi) is 7.08. The molecule has 0 amide bonds. The average Bonchev–Trinajstić information content (AvgIpc) is 2.46. The predicted molar refractivity (Wildman–Crippen MR) is 87.3 cm³/mol. The van der Waals surface area contributed by atoms with Crippen molar-refractivity contribution in [2.24, 2.45) is 11.7 Å². The van der Waals surface area contributed by atoms with E-state index in [1.807, 2.05) is 44.2 Å². The summed E-state index contributed by atoms with van der Waals surface area (Å²) >= 11 is 0. The van der Waals surface area contributed by atoms with E-state index < -0.39 is 24.2 Å². The molecule has 3 atom stereocenters. The first-order valence-corrected chi connectivity index (χ1v) is 7.47. The van der Waals surface area contributed by atoms with Gasteiger partial charge in [-0.05, 0) is 24.3 Å². The highest BCUT2D eigenvalue weighted by molar-refractivity contribution is 5.73. The highest BCUT2D eigenvalue weighted by atomic mass is 16.4. The van der Waals surface area contributed by atoms with Crippen molar-refractivity contribution in [3.8, 4) is 0 Å². The highest BCUT2D eigenvalue weighted by Crippen LogP contribution is 2.11. The Morgan fingerprint density at radius 3 is 2.41 bits per heavy atom. The number of aliphatic hydroxyl groups is 1. The third kappa shape index (κ3) is 5.87. The molecule has 0 aliphatic carbocycles. The lowest BCUT2D eigenvalue weighted by Crippen LogP contribution is -2.46. The molecule has 5 heteroatoms. The van der Waals surface area contributed by atoms with Gasteiger partial charge in [0.15, 0.2) is 0 Å². The average molecular weight is 306 g/mol. The monoisotopic (exact) mass is 306 g/mol. The number of carboxylic acid groups (broad SMARTS) is 1. The van der Waals surface area contributed by atoms with E-state index in [0.717, 1.165) is 5.56 Å². The summed E-state index contributed by atoms with van der Waals surface area (Å²) in [5, 5.41) is 22.2. The quantitative estimate of drug-likeness (QED) is 0.555. The van der Waals surface area contributed by atoms with Crippen LogP contribution in [0.4, 0.5) is 0 Å². The molecule has 0 saturated heterocycles. The fourth-order valence-corrected chi connectivity index (χ4v) is 2.26. The van der Waals surface area contributed by atoms with E-state index in [1.165, 1.54) is 0 Å². The zero-order valence-corrected chi connectivity index (χ0v) is 13.2. The number of carbonyl (C=O) groups is 1. The van der Waals surface area contributed by atoms with Gasteiger partial charge >= 0.3 is 5.97 Å². The van der Waals surface area contributed by atoms with Gasteiger partial charge < -0.3 is 21.3 Å². The summed E-state index contributed by atoms with van der Waals surface area (Å²) in [4.78, 5) is 11.2. The maximum Gasteiger partial charge on any atom is 0.326 e. The molecule has 0 aromatic heterocycles. The van der Waals surface area contributed by atoms with Crippen LogP contribution in [-0.2, 0) is 11.2 Å². The topological polar surface area (TPSA) is 95.6 Å². The van der Waals surface area contributed by atoms with Crippen LogP contribution in [0.15, 0.2) is 42.6 Å². The molecule has 0 bridgehead atoms. The maximum atomic E-state index is 11.2. The van der Waals surface area contributed by atoms with Gasteiger partial charge in [0, 0.05) is 11.7 Å². The van der Waals surface area contributed by atoms with Gasteiger partial charge in [0.1, 0.15) is 12.1 Å². The third-order valence-corrected chi connectivity index (χ3v) is 3.44. The van der Waals surface area contributed by atoms with E-state index in [0.29, 0.717) is 12.8 Å². The van der Waals surface area contributed by atoms with E-state index in [9.17, 15) is 15.0 Å². The van der Waals surface area contributed by atoms with Crippen molar-refractivity contribution in [1.29, 1.82) is 0 Å². The molecule has 0 unspecified atom stereocenters. The highest BCUT2D eigenvalue weighted by Gasteiger charge is 2.24. The van der Waals surface area contributed by atoms with E-state index in [-0.39, 0.29) is 11.6 Å². The number of carboxylic acids is 1. The lowest BCUT2D eigenvalue weighted by atomic mass is 9.99. The Balaban J connectivity index is 2.61. The van der Waals surface area contributed by atoms with Crippen LogP contribution < -0.4 is 11.1 Å². The molecule has 1 aromatic rings. The van der Waals surface area contributed by atoms with Gasteiger partial charge in [-0.25, -0.2) is 4.79 Å². The minimum absolute atomic E-state index is 0.219. The Labute approximate surface area is 131 Å². The van der Waals surface area contributed by atoms with Gasteiger partial charge in [0.25, 0.3) is 0 Å². The number of nitrogens with two attached hydrogens (primary N) is 1. The predicted octanol–water partition coefficient (Wildman–Crippen LogP) is 1.52. The van der Waals surface area contributed by atoms with Crippen LogP contribution in [0, 0.1) is 5.92 Å². The molecular weight excluding hydrogens is 280 g/mol. The van der Waals surface area contributed by atoms with Crippen molar-refractivity contribution in [3.05, 3.63) is 48.2 Å². The van der Waals surface area contributed by atoms with Gasteiger partial charge in [0.2, 0.25) is 0 Å². The molecule has 0 radical (unpaired) electrons. The lowest BCUT2D eigenvalue weighted by molar-refractivity contribution is -0.139. The zero-order chi connectivity index (χ0) is 16.7. The van der Waals surface area contributed by atoms with E-state index in [2.05, 4.69) is 11.9 Å². The Hall–Kier alpha value is -1.85. The summed E-state index contributed by atoms with van der Waals surface area (Å²) < 4.78 is 0. The summed E-state index contributed by atoms with van der Waals surface area (Å²) in [5.41, 5.74) is 7.26. The summed E-state index contributed by atoms with van der Waals surface area (Å²) in [6, 6.07) is 8.27. The van der Waals surface area contributed by atoms with E-state index in [1.54, 1.807) is 0 Å². The number of rotatable bonds is 9. The third-order valence-electron chi connectivity index (χ3n) is 3.44. The normalized spacial score (nSPS) is 15.1. The molecule has 5 nitrogen and oxygen atoms in total. The van der Waals surface area contributed by atoms with Crippen molar-refractivity contribution in [3.63, 3.8) is 0 Å². The standard InChI is InChI=1S/C17H26N2O3/c1-11(2)9-15(17(21)22)19-12(3)16(20)14(18)10-13-7-5-4-6-8-13/h4-8,11,14-16,19-20H,3,9-10,18H2,1-2H3,(H,21,22)/t14-,15+,16-/m1/s1. The van der Waals surface area contributed by atoms with Crippen LogP contribution in [0.2, 0.25) is 0 Å². The molecule has 0 heterocycles. The molecular formula is C17H26N2O3. The van der Waals surface area contributed by atoms with Crippen molar-refractivity contribution in [2.75, 3.05) is 0 Å². The van der Waals surface area contributed by atoms with Gasteiger partial charge in [-0.1, -0.05) is 50.8 Å². The van der Waals surface area contributed by atoms with Gasteiger partial charge in [-0.3, -0.25) is 0 Å². The van der Waals surface area contributed by atoms with Gasteiger partial charge in [-0.2, -0.15) is 0 Å². The van der Waals surface area contributed by atoms with Crippen molar-refractivity contribution in [2.45, 2.75) is 44.9 Å². The van der Waals surface area contributed by atoms with E-state index in [4.69, 9.17) is 5.73 Å². The van der Waals surface area contributed by atoms with E-state index >= 15 is 0 Å². The van der Waals surface area contributed by atoms with Gasteiger partial charge in [-0.15, -0.1) is 0 Å². The number of hydrogen-bond acceptors (Lipinski definition) is 4. The SMILES string of the molecule is C=C(N[C@@H](CC(C)C)C(=O)O)[C@@H](O)[C@H](N)Cc1ccccc1. The second-order valence-corrected chi connectivity index (χ2v) is 5.99. The van der Waals surface area contributed by atoms with Crippen molar-refractivity contribution < 1.29 is 15.0 Å². The summed E-state index contributed by atoms with van der Waals surface area (Å²) in [7, 11) is 0. The summed E-state index contributed by atoms with van der Waals surface area (Å²) in [6.45, 7) is 7.63. The molecule has 5 N–H and O–H groups in total. The molecule has 0 aliphatic heterocycles. The van der Waals surface area contributed by atoms with Crippen LogP contribution in [0.1, 0.15) is 25.8 Å². The second kappa shape index (κ2) is 8.56. The molecule has 0 aliphatic rings. The Morgan fingerprint density at radius 1 is 1.32 bits per heavy atom. The molecule has 0 spiro atoms. The number of hydrogen-bond donors (Lipinski definition) is 4. The van der Waals surface area contributed by atoms with Crippen LogP contribution in [0.25, 0.3) is 0 Å². The largest absolute Gasteiger partial charge is 0.480 e. The van der Waals surface area contributed by atoms with Crippen molar-refractivity contribution in [1.82, 2.24) is 5.32 Å². The van der Waals surface area contributed by atoms with Crippen LogP contribution in [0.3, 0.4) is 0 Å². The molecule has 0 fully saturated rings. The first-order chi connectivity index (χ1) is 10.3. The Bertz CT molecular complexity index is 488. The number of aliphatic hydroxyl groups excluding tert-OH is 1. The van der Waals surface area contributed by atoms with Gasteiger partial charge in [0.05, 0.1) is 0 Å². The van der Waals surface area contributed by atoms with Crippen LogP contribution in [0.5, 0.6) is 0 Å². The molecule has 0 saturated carbocycles. The molecule has 1 rings (SSSR count).